The summed E-state index contributed by atoms with van der Waals surface area (Å²) >= 11 is 0. The summed E-state index contributed by atoms with van der Waals surface area (Å²) in [6.45, 7) is 8.35. The predicted octanol–water partition coefficient (Wildman–Crippen LogP) is 3.03. The Kier molecular flexibility index (Phi) is 4.79. The molecule has 1 atom stereocenters. The van der Waals surface area contributed by atoms with Crippen LogP contribution in [0.15, 0.2) is 18.5 Å². The highest BCUT2D eigenvalue weighted by atomic mass is 15.2. The van der Waals surface area contributed by atoms with E-state index in [4.69, 9.17) is 0 Å². The molecule has 1 saturated heterocycles. The molecule has 0 bridgehead atoms. The Balaban J connectivity index is 1.53. The van der Waals surface area contributed by atoms with Gasteiger partial charge in [0.1, 0.15) is 0 Å². The molecule has 3 heteroatoms. The number of aromatic nitrogens is 1. The van der Waals surface area contributed by atoms with E-state index in [-0.39, 0.29) is 0 Å². The van der Waals surface area contributed by atoms with E-state index >= 15 is 0 Å². The second-order valence-electron chi connectivity index (χ2n) is 6.50. The van der Waals surface area contributed by atoms with Gasteiger partial charge in [0.05, 0.1) is 0 Å². The minimum absolute atomic E-state index is 0.600. The Labute approximate surface area is 123 Å². The van der Waals surface area contributed by atoms with Gasteiger partial charge in [0.15, 0.2) is 0 Å². The molecule has 1 aliphatic heterocycles. The van der Waals surface area contributed by atoms with Crippen molar-refractivity contribution in [2.24, 2.45) is 5.92 Å². The molecule has 1 N–H and O–H groups in total. The molecule has 0 spiro atoms. The summed E-state index contributed by atoms with van der Waals surface area (Å²) in [6, 6.07) is 2.93. The monoisotopic (exact) mass is 275 g/mol. The molecule has 0 aromatic carbocycles. The fraction of sp³-hybridized carbons (Fsp3) is 0.765. The summed E-state index contributed by atoms with van der Waals surface area (Å²) in [6.07, 6.45) is 11.5. The van der Waals surface area contributed by atoms with Crippen molar-refractivity contribution in [1.82, 2.24) is 14.8 Å². The van der Waals surface area contributed by atoms with Crippen LogP contribution in [-0.4, -0.2) is 35.6 Å². The molecule has 3 rings (SSSR count). The Morgan fingerprint density at radius 1 is 1.25 bits per heavy atom. The molecule has 0 amide bonds. The molecule has 1 aromatic heterocycles. The van der Waals surface area contributed by atoms with E-state index in [2.05, 4.69) is 40.2 Å². The quantitative estimate of drug-likeness (QED) is 0.787. The standard InChI is InChI=1S/C17H29N3/c1-2-8-18-17(15-5-6-15)16-7-11-20(14-16)13-12-19-9-3-4-10-19/h7,11,14-15,17-18H,2-6,8-10,12-13H2,1H3. The Bertz CT molecular complexity index is 402. The highest BCUT2D eigenvalue weighted by Crippen LogP contribution is 2.41. The normalized spacial score (nSPS) is 21.4. The zero-order chi connectivity index (χ0) is 13.8. The number of hydrogen-bond acceptors (Lipinski definition) is 2. The lowest BCUT2D eigenvalue weighted by Gasteiger charge is -2.17. The van der Waals surface area contributed by atoms with Gasteiger partial charge in [-0.3, -0.25) is 0 Å². The first-order chi connectivity index (χ1) is 9.86. The molecule has 3 nitrogen and oxygen atoms in total. The maximum atomic E-state index is 3.73. The average Bonchev–Trinajstić information content (AvgIpc) is 2.98. The van der Waals surface area contributed by atoms with Crippen molar-refractivity contribution in [2.45, 2.75) is 51.6 Å². The van der Waals surface area contributed by atoms with Crippen molar-refractivity contribution in [3.8, 4) is 0 Å². The third-order valence-electron chi connectivity index (χ3n) is 4.71. The maximum Gasteiger partial charge on any atom is 0.0363 e. The molecular formula is C17H29N3. The molecule has 1 aromatic rings. The predicted molar refractivity (Wildman–Crippen MR) is 83.9 cm³/mol. The largest absolute Gasteiger partial charge is 0.353 e. The van der Waals surface area contributed by atoms with E-state index in [1.165, 1.54) is 57.3 Å². The summed E-state index contributed by atoms with van der Waals surface area (Å²) in [5.41, 5.74) is 1.50. The van der Waals surface area contributed by atoms with Crippen LogP contribution in [0.1, 0.15) is 50.6 Å². The average molecular weight is 275 g/mol. The lowest BCUT2D eigenvalue weighted by Crippen LogP contribution is -2.24. The van der Waals surface area contributed by atoms with E-state index in [1.54, 1.807) is 0 Å². The Hall–Kier alpha value is -0.800. The van der Waals surface area contributed by atoms with Crippen molar-refractivity contribution in [2.75, 3.05) is 26.2 Å². The number of likely N-dealkylation sites (tertiary alicyclic amines) is 1. The van der Waals surface area contributed by atoms with Crippen molar-refractivity contribution in [3.63, 3.8) is 0 Å². The molecule has 1 unspecified atom stereocenters. The molecule has 2 aliphatic rings. The van der Waals surface area contributed by atoms with Crippen LogP contribution in [-0.2, 0) is 6.54 Å². The molecule has 1 saturated carbocycles. The molecule has 112 valence electrons. The van der Waals surface area contributed by atoms with Crippen LogP contribution in [0.2, 0.25) is 0 Å². The first-order valence-corrected chi connectivity index (χ1v) is 8.48. The summed E-state index contributed by atoms with van der Waals surface area (Å²) in [4.78, 5) is 2.59. The second kappa shape index (κ2) is 6.77. The summed E-state index contributed by atoms with van der Waals surface area (Å²) in [5.74, 6) is 0.885. The van der Waals surface area contributed by atoms with Gasteiger partial charge in [-0.25, -0.2) is 0 Å². The summed E-state index contributed by atoms with van der Waals surface area (Å²) < 4.78 is 2.39. The number of nitrogens with zero attached hydrogens (tertiary/aromatic N) is 2. The third-order valence-corrected chi connectivity index (χ3v) is 4.71. The van der Waals surface area contributed by atoms with Gasteiger partial charge >= 0.3 is 0 Å². The fourth-order valence-corrected chi connectivity index (χ4v) is 3.33. The highest BCUT2D eigenvalue weighted by Gasteiger charge is 2.32. The zero-order valence-corrected chi connectivity index (χ0v) is 12.9. The van der Waals surface area contributed by atoms with E-state index < -0.39 is 0 Å². The Morgan fingerprint density at radius 2 is 2.05 bits per heavy atom. The Morgan fingerprint density at radius 3 is 2.75 bits per heavy atom. The number of rotatable bonds is 8. The van der Waals surface area contributed by atoms with Gasteiger partial charge < -0.3 is 14.8 Å². The summed E-state index contributed by atoms with van der Waals surface area (Å²) in [7, 11) is 0. The van der Waals surface area contributed by atoms with E-state index in [0.29, 0.717) is 6.04 Å². The zero-order valence-electron chi connectivity index (χ0n) is 12.9. The van der Waals surface area contributed by atoms with Crippen LogP contribution in [0.3, 0.4) is 0 Å². The van der Waals surface area contributed by atoms with E-state index in [1.807, 2.05) is 0 Å². The van der Waals surface area contributed by atoms with Gasteiger partial charge in [-0.2, -0.15) is 0 Å². The van der Waals surface area contributed by atoms with Crippen LogP contribution in [0, 0.1) is 5.92 Å². The SMILES string of the molecule is CCCNC(c1ccn(CCN2CCCC2)c1)C1CC1. The van der Waals surface area contributed by atoms with Gasteiger partial charge in [0.2, 0.25) is 0 Å². The lowest BCUT2D eigenvalue weighted by molar-refractivity contribution is 0.322. The van der Waals surface area contributed by atoms with Gasteiger partial charge in [-0.05, 0) is 69.3 Å². The van der Waals surface area contributed by atoms with Crippen molar-refractivity contribution in [1.29, 1.82) is 0 Å². The second-order valence-corrected chi connectivity index (χ2v) is 6.50. The first-order valence-electron chi connectivity index (χ1n) is 8.48. The first kappa shape index (κ1) is 14.2. The number of hydrogen-bond donors (Lipinski definition) is 1. The van der Waals surface area contributed by atoms with Gasteiger partial charge in [-0.1, -0.05) is 6.92 Å². The van der Waals surface area contributed by atoms with Crippen molar-refractivity contribution in [3.05, 3.63) is 24.0 Å². The van der Waals surface area contributed by atoms with Crippen LogP contribution in [0.4, 0.5) is 0 Å². The van der Waals surface area contributed by atoms with Crippen LogP contribution in [0.25, 0.3) is 0 Å². The van der Waals surface area contributed by atoms with Crippen molar-refractivity contribution >= 4 is 0 Å². The molecule has 2 heterocycles. The van der Waals surface area contributed by atoms with Gasteiger partial charge in [0.25, 0.3) is 0 Å². The smallest absolute Gasteiger partial charge is 0.0363 e. The van der Waals surface area contributed by atoms with Crippen molar-refractivity contribution < 1.29 is 0 Å². The van der Waals surface area contributed by atoms with Crippen LogP contribution < -0.4 is 5.32 Å². The van der Waals surface area contributed by atoms with Gasteiger partial charge in [-0.15, -0.1) is 0 Å². The minimum Gasteiger partial charge on any atom is -0.353 e. The molecule has 2 fully saturated rings. The summed E-state index contributed by atoms with van der Waals surface area (Å²) in [5, 5.41) is 3.73. The fourth-order valence-electron chi connectivity index (χ4n) is 3.33. The lowest BCUT2D eigenvalue weighted by atomic mass is 10.1. The highest BCUT2D eigenvalue weighted by molar-refractivity contribution is 5.18. The molecular weight excluding hydrogens is 246 g/mol. The topological polar surface area (TPSA) is 20.2 Å². The van der Waals surface area contributed by atoms with E-state index in [0.717, 1.165) is 19.0 Å². The maximum absolute atomic E-state index is 3.73. The van der Waals surface area contributed by atoms with E-state index in [9.17, 15) is 0 Å². The number of nitrogens with one attached hydrogen (secondary N) is 1. The molecule has 0 radical (unpaired) electrons. The minimum atomic E-state index is 0.600. The third kappa shape index (κ3) is 3.64. The molecule has 20 heavy (non-hydrogen) atoms. The van der Waals surface area contributed by atoms with Gasteiger partial charge in [0, 0.05) is 31.5 Å². The van der Waals surface area contributed by atoms with Crippen LogP contribution >= 0.6 is 0 Å². The molecule has 1 aliphatic carbocycles. The van der Waals surface area contributed by atoms with Crippen LogP contribution in [0.5, 0.6) is 0 Å².